The first-order valence-corrected chi connectivity index (χ1v) is 10.7. The Bertz CT molecular complexity index is 735. The van der Waals surface area contributed by atoms with Crippen molar-refractivity contribution in [3.63, 3.8) is 0 Å². The molecule has 3 rings (SSSR count). The topological polar surface area (TPSA) is 77.1 Å². The highest BCUT2D eigenvalue weighted by Gasteiger charge is 2.39. The molecule has 0 bridgehead atoms. The molecule has 166 valence electrons. The molecule has 2 aliphatic rings. The van der Waals surface area contributed by atoms with Gasteiger partial charge < -0.3 is 19.5 Å². The summed E-state index contributed by atoms with van der Waals surface area (Å²) in [7, 11) is 1.65. The van der Waals surface area contributed by atoms with Gasteiger partial charge in [0.1, 0.15) is 17.4 Å². The van der Waals surface area contributed by atoms with E-state index in [9.17, 15) is 9.59 Å². The first-order valence-electron chi connectivity index (χ1n) is 10.7. The molecule has 2 aliphatic heterocycles. The van der Waals surface area contributed by atoms with E-state index in [2.05, 4.69) is 17.4 Å². The fraction of sp³-hybridized carbons (Fsp3) is 0.652. The second kappa shape index (κ2) is 9.25. The molecule has 1 unspecified atom stereocenters. The normalized spacial score (nSPS) is 21.2. The van der Waals surface area contributed by atoms with Crippen LogP contribution in [0.5, 0.6) is 5.75 Å². The summed E-state index contributed by atoms with van der Waals surface area (Å²) in [6.45, 7) is 7.88. The second-order valence-corrected chi connectivity index (χ2v) is 9.17. The predicted molar refractivity (Wildman–Crippen MR) is 114 cm³/mol. The van der Waals surface area contributed by atoms with E-state index >= 15 is 0 Å². The number of carbonyl (C=O) groups is 2. The standard InChI is InChI=1S/C23H34N2O5/c1-22(2,3)30-21(27)25-13-5-6-19(25)20(26)24-16-23(11-14-29-15-12-23)17-7-9-18(28-4)10-8-17/h7-10,19H,5-6,11-16H2,1-4H3,(H,24,26). The molecule has 1 atom stereocenters. The third-order valence-corrected chi connectivity index (χ3v) is 5.94. The molecule has 0 saturated carbocycles. The Balaban J connectivity index is 1.69. The van der Waals surface area contributed by atoms with Crippen LogP contribution in [-0.2, 0) is 19.7 Å². The van der Waals surface area contributed by atoms with E-state index in [0.29, 0.717) is 32.7 Å². The molecule has 2 heterocycles. The molecular weight excluding hydrogens is 384 g/mol. The van der Waals surface area contributed by atoms with Crippen LogP contribution in [-0.4, -0.2) is 62.0 Å². The maximum absolute atomic E-state index is 13.0. The number of amides is 2. The van der Waals surface area contributed by atoms with Gasteiger partial charge in [-0.15, -0.1) is 0 Å². The molecular formula is C23H34N2O5. The summed E-state index contributed by atoms with van der Waals surface area (Å²) in [5, 5.41) is 3.13. The number of ether oxygens (including phenoxy) is 3. The van der Waals surface area contributed by atoms with Crippen LogP contribution in [0.15, 0.2) is 24.3 Å². The molecule has 7 nitrogen and oxygen atoms in total. The smallest absolute Gasteiger partial charge is 0.410 e. The van der Waals surface area contributed by atoms with Crippen molar-refractivity contribution in [3.8, 4) is 5.75 Å². The van der Waals surface area contributed by atoms with Gasteiger partial charge in [-0.25, -0.2) is 4.79 Å². The zero-order valence-electron chi connectivity index (χ0n) is 18.5. The van der Waals surface area contributed by atoms with Gasteiger partial charge in [0.15, 0.2) is 0 Å². The quantitative estimate of drug-likeness (QED) is 0.794. The molecule has 2 fully saturated rings. The fourth-order valence-corrected chi connectivity index (χ4v) is 4.23. The van der Waals surface area contributed by atoms with Gasteiger partial charge in [0.05, 0.1) is 7.11 Å². The number of carbonyl (C=O) groups excluding carboxylic acids is 2. The van der Waals surface area contributed by atoms with E-state index in [0.717, 1.165) is 25.0 Å². The van der Waals surface area contributed by atoms with Gasteiger partial charge in [-0.2, -0.15) is 0 Å². The van der Waals surface area contributed by atoms with Crippen LogP contribution in [0.2, 0.25) is 0 Å². The summed E-state index contributed by atoms with van der Waals surface area (Å²) < 4.78 is 16.4. The molecule has 1 aromatic carbocycles. The van der Waals surface area contributed by atoms with E-state index in [-0.39, 0.29) is 11.3 Å². The molecule has 0 spiro atoms. The number of benzene rings is 1. The molecule has 0 aromatic heterocycles. The summed E-state index contributed by atoms with van der Waals surface area (Å²) >= 11 is 0. The molecule has 30 heavy (non-hydrogen) atoms. The van der Waals surface area contributed by atoms with E-state index < -0.39 is 17.7 Å². The van der Waals surface area contributed by atoms with E-state index in [1.807, 2.05) is 32.9 Å². The lowest BCUT2D eigenvalue weighted by molar-refractivity contribution is -0.126. The lowest BCUT2D eigenvalue weighted by Gasteiger charge is -2.38. The minimum absolute atomic E-state index is 0.113. The Kier molecular flexibility index (Phi) is 6.91. The Morgan fingerprint density at radius 3 is 2.47 bits per heavy atom. The Morgan fingerprint density at radius 1 is 1.20 bits per heavy atom. The minimum Gasteiger partial charge on any atom is -0.497 e. The van der Waals surface area contributed by atoms with Crippen LogP contribution in [0, 0.1) is 0 Å². The van der Waals surface area contributed by atoms with Crippen LogP contribution in [0.1, 0.15) is 52.0 Å². The summed E-state index contributed by atoms with van der Waals surface area (Å²) in [5.74, 6) is 0.696. The third kappa shape index (κ3) is 5.25. The lowest BCUT2D eigenvalue weighted by Crippen LogP contribution is -2.51. The highest BCUT2D eigenvalue weighted by atomic mass is 16.6. The maximum Gasteiger partial charge on any atom is 0.410 e. The van der Waals surface area contributed by atoms with Crippen molar-refractivity contribution < 1.29 is 23.8 Å². The van der Waals surface area contributed by atoms with Gasteiger partial charge in [-0.3, -0.25) is 9.69 Å². The van der Waals surface area contributed by atoms with Crippen LogP contribution in [0.3, 0.4) is 0 Å². The third-order valence-electron chi connectivity index (χ3n) is 5.94. The molecule has 2 amide bonds. The molecule has 2 saturated heterocycles. The van der Waals surface area contributed by atoms with Gasteiger partial charge in [-0.05, 0) is 64.2 Å². The van der Waals surface area contributed by atoms with Crippen molar-refractivity contribution in [3.05, 3.63) is 29.8 Å². The zero-order chi connectivity index (χ0) is 21.8. The van der Waals surface area contributed by atoms with Crippen molar-refractivity contribution in [1.82, 2.24) is 10.2 Å². The van der Waals surface area contributed by atoms with Gasteiger partial charge in [-0.1, -0.05) is 12.1 Å². The predicted octanol–water partition coefficient (Wildman–Crippen LogP) is 3.26. The number of hydrogen-bond acceptors (Lipinski definition) is 5. The number of likely N-dealkylation sites (tertiary alicyclic amines) is 1. The van der Waals surface area contributed by atoms with Gasteiger partial charge in [0.2, 0.25) is 5.91 Å². The van der Waals surface area contributed by atoms with Crippen molar-refractivity contribution in [1.29, 1.82) is 0 Å². The average Bonchev–Trinajstić information content (AvgIpc) is 3.22. The number of hydrogen-bond donors (Lipinski definition) is 1. The summed E-state index contributed by atoms with van der Waals surface area (Å²) in [6.07, 6.45) is 2.70. The molecule has 7 heteroatoms. The van der Waals surface area contributed by atoms with Crippen molar-refractivity contribution in [2.24, 2.45) is 0 Å². The molecule has 0 aliphatic carbocycles. The number of methoxy groups -OCH3 is 1. The molecule has 0 radical (unpaired) electrons. The van der Waals surface area contributed by atoms with Crippen molar-refractivity contribution >= 4 is 12.0 Å². The lowest BCUT2D eigenvalue weighted by atomic mass is 9.74. The highest BCUT2D eigenvalue weighted by Crippen LogP contribution is 2.35. The van der Waals surface area contributed by atoms with Crippen molar-refractivity contribution in [2.45, 2.75) is 63.5 Å². The highest BCUT2D eigenvalue weighted by molar-refractivity contribution is 5.86. The molecule has 1 aromatic rings. The summed E-state index contributed by atoms with van der Waals surface area (Å²) in [5.41, 5.74) is 0.402. The summed E-state index contributed by atoms with van der Waals surface area (Å²) in [6, 6.07) is 7.57. The minimum atomic E-state index is -0.582. The van der Waals surface area contributed by atoms with Crippen LogP contribution < -0.4 is 10.1 Å². The Labute approximate surface area is 179 Å². The summed E-state index contributed by atoms with van der Waals surface area (Å²) in [4.78, 5) is 27.1. The first kappa shape index (κ1) is 22.4. The van der Waals surface area contributed by atoms with Gasteiger partial charge in [0, 0.05) is 31.7 Å². The van der Waals surface area contributed by atoms with E-state index in [4.69, 9.17) is 14.2 Å². The largest absolute Gasteiger partial charge is 0.497 e. The number of rotatable bonds is 5. The zero-order valence-corrected chi connectivity index (χ0v) is 18.5. The Hall–Kier alpha value is -2.28. The number of nitrogens with one attached hydrogen (secondary N) is 1. The van der Waals surface area contributed by atoms with Gasteiger partial charge in [0.25, 0.3) is 0 Å². The number of nitrogens with zero attached hydrogens (tertiary/aromatic N) is 1. The monoisotopic (exact) mass is 418 g/mol. The van der Waals surface area contributed by atoms with E-state index in [1.165, 1.54) is 5.56 Å². The average molecular weight is 419 g/mol. The first-order chi connectivity index (χ1) is 14.2. The molecule has 1 N–H and O–H groups in total. The van der Waals surface area contributed by atoms with Gasteiger partial charge >= 0.3 is 6.09 Å². The second-order valence-electron chi connectivity index (χ2n) is 9.17. The fourth-order valence-electron chi connectivity index (χ4n) is 4.23. The Morgan fingerprint density at radius 2 is 1.87 bits per heavy atom. The maximum atomic E-state index is 13.0. The van der Waals surface area contributed by atoms with E-state index in [1.54, 1.807) is 12.0 Å². The van der Waals surface area contributed by atoms with Crippen LogP contribution in [0.4, 0.5) is 4.79 Å². The van der Waals surface area contributed by atoms with Crippen LogP contribution >= 0.6 is 0 Å². The van der Waals surface area contributed by atoms with Crippen molar-refractivity contribution in [2.75, 3.05) is 33.4 Å². The SMILES string of the molecule is COc1ccc(C2(CNC(=O)C3CCCN3C(=O)OC(C)(C)C)CCOCC2)cc1. The van der Waals surface area contributed by atoms with Crippen LogP contribution in [0.25, 0.3) is 0 Å².